The van der Waals surface area contributed by atoms with Crippen molar-refractivity contribution >= 4 is 15.9 Å². The molecule has 0 spiro atoms. The van der Waals surface area contributed by atoms with Crippen LogP contribution in [0.15, 0.2) is 35.1 Å². The minimum Gasteiger partial charge on any atom is -0.437 e. The SMILES string of the molecule is Fc1ccc(Oc2cnc(CNC3CC3)cn2)cc1Br. The molecule has 1 aromatic carbocycles. The highest BCUT2D eigenvalue weighted by molar-refractivity contribution is 9.10. The molecule has 0 unspecified atom stereocenters. The second-order valence-electron chi connectivity index (χ2n) is 4.68. The van der Waals surface area contributed by atoms with Gasteiger partial charge in [0.2, 0.25) is 5.88 Å². The van der Waals surface area contributed by atoms with Gasteiger partial charge in [-0.3, -0.25) is 4.98 Å². The van der Waals surface area contributed by atoms with Gasteiger partial charge in [-0.15, -0.1) is 0 Å². The Morgan fingerprint density at radius 1 is 1.30 bits per heavy atom. The van der Waals surface area contributed by atoms with E-state index in [0.717, 1.165) is 12.2 Å². The number of aromatic nitrogens is 2. The van der Waals surface area contributed by atoms with Crippen LogP contribution in [0.1, 0.15) is 18.5 Å². The van der Waals surface area contributed by atoms with Gasteiger partial charge in [-0.1, -0.05) is 0 Å². The average molecular weight is 338 g/mol. The summed E-state index contributed by atoms with van der Waals surface area (Å²) in [7, 11) is 0. The molecule has 1 aromatic heterocycles. The van der Waals surface area contributed by atoms with Gasteiger partial charge in [0.25, 0.3) is 0 Å². The van der Waals surface area contributed by atoms with Gasteiger partial charge >= 0.3 is 0 Å². The van der Waals surface area contributed by atoms with Crippen molar-refractivity contribution < 1.29 is 9.13 Å². The second-order valence-corrected chi connectivity index (χ2v) is 5.53. The van der Waals surface area contributed by atoms with Crippen LogP contribution in [0.25, 0.3) is 0 Å². The zero-order valence-corrected chi connectivity index (χ0v) is 12.2. The van der Waals surface area contributed by atoms with Gasteiger partial charge in [-0.05, 0) is 47.0 Å². The number of rotatable bonds is 5. The van der Waals surface area contributed by atoms with Gasteiger partial charge in [0.05, 0.1) is 22.6 Å². The zero-order chi connectivity index (χ0) is 13.9. The summed E-state index contributed by atoms with van der Waals surface area (Å²) < 4.78 is 19.0. The minimum absolute atomic E-state index is 0.329. The van der Waals surface area contributed by atoms with E-state index in [1.54, 1.807) is 24.5 Å². The molecule has 3 rings (SSSR count). The number of nitrogens with one attached hydrogen (secondary N) is 1. The van der Waals surface area contributed by atoms with E-state index in [2.05, 4.69) is 31.2 Å². The fourth-order valence-corrected chi connectivity index (χ4v) is 2.04. The maximum absolute atomic E-state index is 13.1. The first kappa shape index (κ1) is 13.5. The first-order valence-electron chi connectivity index (χ1n) is 6.38. The number of benzene rings is 1. The van der Waals surface area contributed by atoms with E-state index in [4.69, 9.17) is 4.74 Å². The quantitative estimate of drug-likeness (QED) is 0.908. The number of ether oxygens (including phenoxy) is 1. The second kappa shape index (κ2) is 5.85. The molecule has 6 heteroatoms. The van der Waals surface area contributed by atoms with E-state index >= 15 is 0 Å². The molecule has 104 valence electrons. The van der Waals surface area contributed by atoms with Crippen LogP contribution in [0, 0.1) is 5.82 Å². The summed E-state index contributed by atoms with van der Waals surface area (Å²) in [6.45, 7) is 0.722. The fourth-order valence-electron chi connectivity index (χ4n) is 1.68. The predicted molar refractivity (Wildman–Crippen MR) is 76.1 cm³/mol. The van der Waals surface area contributed by atoms with Crippen LogP contribution in [-0.4, -0.2) is 16.0 Å². The highest BCUT2D eigenvalue weighted by Gasteiger charge is 2.20. The van der Waals surface area contributed by atoms with E-state index in [9.17, 15) is 4.39 Å². The Morgan fingerprint density at radius 2 is 2.15 bits per heavy atom. The van der Waals surface area contributed by atoms with Crippen molar-refractivity contribution in [3.63, 3.8) is 0 Å². The lowest BCUT2D eigenvalue weighted by Gasteiger charge is -2.06. The van der Waals surface area contributed by atoms with Crippen LogP contribution in [0.2, 0.25) is 0 Å². The lowest BCUT2D eigenvalue weighted by Crippen LogP contribution is -2.16. The predicted octanol–water partition coefficient (Wildman–Crippen LogP) is 3.42. The molecule has 1 fully saturated rings. The molecule has 2 aromatic rings. The van der Waals surface area contributed by atoms with Gasteiger partial charge in [-0.2, -0.15) is 0 Å². The maximum atomic E-state index is 13.1. The van der Waals surface area contributed by atoms with E-state index in [1.807, 2.05) is 0 Å². The Morgan fingerprint density at radius 3 is 2.80 bits per heavy atom. The summed E-state index contributed by atoms with van der Waals surface area (Å²) in [6, 6.07) is 5.08. The van der Waals surface area contributed by atoms with Crippen molar-refractivity contribution in [1.29, 1.82) is 0 Å². The Hall–Kier alpha value is -1.53. The van der Waals surface area contributed by atoms with Crippen molar-refractivity contribution in [3.8, 4) is 11.6 Å². The summed E-state index contributed by atoms with van der Waals surface area (Å²) in [5.74, 6) is 0.569. The molecule has 0 bridgehead atoms. The summed E-state index contributed by atoms with van der Waals surface area (Å²) >= 11 is 3.11. The largest absolute Gasteiger partial charge is 0.437 e. The van der Waals surface area contributed by atoms with Crippen molar-refractivity contribution in [2.24, 2.45) is 0 Å². The van der Waals surface area contributed by atoms with E-state index in [-0.39, 0.29) is 5.82 Å². The molecular formula is C14H13BrFN3O. The summed E-state index contributed by atoms with van der Waals surface area (Å²) in [4.78, 5) is 8.47. The summed E-state index contributed by atoms with van der Waals surface area (Å²) in [6.07, 6.45) is 5.74. The smallest absolute Gasteiger partial charge is 0.237 e. The molecule has 1 aliphatic rings. The lowest BCUT2D eigenvalue weighted by molar-refractivity contribution is 0.456. The third kappa shape index (κ3) is 3.52. The Kier molecular flexibility index (Phi) is 3.93. The van der Waals surface area contributed by atoms with Crippen molar-refractivity contribution in [1.82, 2.24) is 15.3 Å². The topological polar surface area (TPSA) is 47.0 Å². The average Bonchev–Trinajstić information content (AvgIpc) is 3.26. The molecule has 0 amide bonds. The first-order chi connectivity index (χ1) is 9.70. The van der Waals surface area contributed by atoms with Crippen LogP contribution in [-0.2, 0) is 6.54 Å². The number of hydrogen-bond acceptors (Lipinski definition) is 4. The van der Waals surface area contributed by atoms with E-state index in [1.165, 1.54) is 18.9 Å². The van der Waals surface area contributed by atoms with Gasteiger partial charge in [0.15, 0.2) is 0 Å². The monoisotopic (exact) mass is 337 g/mol. The van der Waals surface area contributed by atoms with Crippen molar-refractivity contribution in [2.75, 3.05) is 0 Å². The molecule has 20 heavy (non-hydrogen) atoms. The van der Waals surface area contributed by atoms with Crippen LogP contribution in [0.3, 0.4) is 0 Å². The molecule has 0 aliphatic heterocycles. The minimum atomic E-state index is -0.329. The van der Waals surface area contributed by atoms with Gasteiger partial charge < -0.3 is 10.1 Å². The number of hydrogen-bond donors (Lipinski definition) is 1. The van der Waals surface area contributed by atoms with Crippen molar-refractivity contribution in [2.45, 2.75) is 25.4 Å². The highest BCUT2D eigenvalue weighted by atomic mass is 79.9. The van der Waals surface area contributed by atoms with Crippen LogP contribution in [0.4, 0.5) is 4.39 Å². The van der Waals surface area contributed by atoms with Crippen LogP contribution >= 0.6 is 15.9 Å². The summed E-state index contributed by atoms with van der Waals surface area (Å²) in [5, 5.41) is 3.36. The Labute approximate surface area is 124 Å². The van der Waals surface area contributed by atoms with Crippen LogP contribution in [0.5, 0.6) is 11.6 Å². The molecule has 1 N–H and O–H groups in total. The highest BCUT2D eigenvalue weighted by Crippen LogP contribution is 2.25. The molecule has 0 radical (unpaired) electrons. The third-order valence-corrected chi connectivity index (χ3v) is 3.55. The van der Waals surface area contributed by atoms with Crippen LogP contribution < -0.4 is 10.1 Å². The van der Waals surface area contributed by atoms with Gasteiger partial charge in [-0.25, -0.2) is 9.37 Å². The molecule has 0 saturated heterocycles. The molecule has 0 atom stereocenters. The maximum Gasteiger partial charge on any atom is 0.237 e. The fraction of sp³-hybridized carbons (Fsp3) is 0.286. The normalized spacial score (nSPS) is 14.3. The standard InChI is InChI=1S/C14H13BrFN3O/c15-12-5-11(3-4-13(12)16)20-14-8-18-10(7-19-14)6-17-9-1-2-9/h3-5,7-9,17H,1-2,6H2. The molecule has 1 saturated carbocycles. The van der Waals surface area contributed by atoms with E-state index in [0.29, 0.717) is 22.1 Å². The van der Waals surface area contributed by atoms with Gasteiger partial charge in [0.1, 0.15) is 11.6 Å². The Balaban J connectivity index is 1.62. The number of halogens is 2. The third-order valence-electron chi connectivity index (χ3n) is 2.94. The molecule has 1 heterocycles. The molecule has 4 nitrogen and oxygen atoms in total. The molecular weight excluding hydrogens is 325 g/mol. The Bertz CT molecular complexity index is 602. The van der Waals surface area contributed by atoms with Gasteiger partial charge in [0, 0.05) is 12.6 Å². The number of nitrogens with zero attached hydrogens (tertiary/aromatic N) is 2. The first-order valence-corrected chi connectivity index (χ1v) is 7.17. The molecule has 1 aliphatic carbocycles. The zero-order valence-electron chi connectivity index (χ0n) is 10.6. The van der Waals surface area contributed by atoms with Crippen molar-refractivity contribution in [3.05, 3.63) is 46.6 Å². The lowest BCUT2D eigenvalue weighted by atomic mass is 10.3. The van der Waals surface area contributed by atoms with E-state index < -0.39 is 0 Å². The summed E-state index contributed by atoms with van der Waals surface area (Å²) in [5.41, 5.74) is 0.879.